The lowest BCUT2D eigenvalue weighted by Gasteiger charge is -2.35. The lowest BCUT2D eigenvalue weighted by atomic mass is 9.84. The van der Waals surface area contributed by atoms with Gasteiger partial charge in [-0.1, -0.05) is 6.07 Å². The van der Waals surface area contributed by atoms with E-state index in [4.69, 9.17) is 15.5 Å². The number of piperidine rings is 1. The molecular weight excluding hydrogens is 304 g/mol. The van der Waals surface area contributed by atoms with E-state index >= 15 is 0 Å². The quantitative estimate of drug-likeness (QED) is 0.879. The Kier molecular flexibility index (Phi) is 5.36. The number of pyridine rings is 1. The number of rotatable bonds is 5. The molecule has 2 aliphatic heterocycles. The Labute approximate surface area is 144 Å². The van der Waals surface area contributed by atoms with Crippen molar-refractivity contribution < 1.29 is 9.53 Å². The van der Waals surface area contributed by atoms with Gasteiger partial charge in [0.05, 0.1) is 17.7 Å². The molecule has 3 heterocycles. The van der Waals surface area contributed by atoms with Gasteiger partial charge in [-0.25, -0.2) is 4.98 Å². The van der Waals surface area contributed by atoms with Crippen LogP contribution >= 0.6 is 0 Å². The smallest absolute Gasteiger partial charge is 0.223 e. The number of primary amides is 1. The van der Waals surface area contributed by atoms with E-state index in [2.05, 4.69) is 17.0 Å². The maximum Gasteiger partial charge on any atom is 0.223 e. The fraction of sp³-hybridized carbons (Fsp3) is 0.667. The fourth-order valence-corrected chi connectivity index (χ4v) is 3.85. The number of hydrogen-bond donors (Lipinski definition) is 1. The highest BCUT2D eigenvalue weighted by Crippen LogP contribution is 2.33. The summed E-state index contributed by atoms with van der Waals surface area (Å²) in [7, 11) is 4.02. The van der Waals surface area contributed by atoms with Gasteiger partial charge >= 0.3 is 0 Å². The molecular formula is C18H28N4O2. The van der Waals surface area contributed by atoms with Gasteiger partial charge < -0.3 is 15.4 Å². The van der Waals surface area contributed by atoms with E-state index in [-0.39, 0.29) is 17.9 Å². The summed E-state index contributed by atoms with van der Waals surface area (Å²) in [5, 5.41) is 0. The van der Waals surface area contributed by atoms with Crippen LogP contribution in [0.3, 0.4) is 0 Å². The second-order valence-electron chi connectivity index (χ2n) is 7.13. The molecule has 0 aliphatic carbocycles. The number of nitrogens with zero attached hydrogens (tertiary/aromatic N) is 3. The van der Waals surface area contributed by atoms with Crippen LogP contribution in [-0.2, 0) is 16.1 Å². The average molecular weight is 332 g/mol. The first kappa shape index (κ1) is 17.2. The van der Waals surface area contributed by atoms with Crippen molar-refractivity contribution in [3.8, 4) is 0 Å². The molecule has 0 unspecified atom stereocenters. The molecule has 0 radical (unpaired) electrons. The zero-order valence-electron chi connectivity index (χ0n) is 14.6. The summed E-state index contributed by atoms with van der Waals surface area (Å²) in [4.78, 5) is 20.7. The molecule has 0 aromatic carbocycles. The predicted molar refractivity (Wildman–Crippen MR) is 93.6 cm³/mol. The monoisotopic (exact) mass is 332 g/mol. The summed E-state index contributed by atoms with van der Waals surface area (Å²) < 4.78 is 5.82. The summed E-state index contributed by atoms with van der Waals surface area (Å²) >= 11 is 0. The minimum absolute atomic E-state index is 0.0276. The van der Waals surface area contributed by atoms with Crippen molar-refractivity contribution in [1.82, 2.24) is 9.88 Å². The molecule has 6 heteroatoms. The van der Waals surface area contributed by atoms with Gasteiger partial charge in [-0.2, -0.15) is 0 Å². The van der Waals surface area contributed by atoms with Crippen molar-refractivity contribution in [3.63, 3.8) is 0 Å². The van der Waals surface area contributed by atoms with Crippen LogP contribution in [0.4, 0.5) is 5.82 Å². The van der Waals surface area contributed by atoms with Crippen molar-refractivity contribution in [2.24, 2.45) is 17.6 Å². The van der Waals surface area contributed by atoms with E-state index in [1.54, 1.807) is 0 Å². The third-order valence-electron chi connectivity index (χ3n) is 5.23. The van der Waals surface area contributed by atoms with Crippen LogP contribution in [0.15, 0.2) is 18.2 Å². The second-order valence-corrected chi connectivity index (χ2v) is 7.13. The Bertz CT molecular complexity index is 570. The van der Waals surface area contributed by atoms with Gasteiger partial charge in [0.2, 0.25) is 5.91 Å². The molecule has 2 N–H and O–H groups in total. The summed E-state index contributed by atoms with van der Waals surface area (Å²) in [5.41, 5.74) is 6.62. The van der Waals surface area contributed by atoms with E-state index in [9.17, 15) is 4.79 Å². The Balaban J connectivity index is 1.54. The summed E-state index contributed by atoms with van der Waals surface area (Å²) in [6.45, 7) is 3.58. The number of aromatic nitrogens is 1. The molecule has 0 spiro atoms. The number of amides is 1. The first-order chi connectivity index (χ1) is 11.5. The first-order valence-electron chi connectivity index (χ1n) is 8.81. The van der Waals surface area contributed by atoms with Crippen LogP contribution in [0.2, 0.25) is 0 Å². The van der Waals surface area contributed by atoms with E-state index < -0.39 is 0 Å². The van der Waals surface area contributed by atoms with Crippen LogP contribution in [0.1, 0.15) is 25.0 Å². The second kappa shape index (κ2) is 7.49. The van der Waals surface area contributed by atoms with Gasteiger partial charge in [0.15, 0.2) is 0 Å². The third kappa shape index (κ3) is 3.87. The van der Waals surface area contributed by atoms with Crippen LogP contribution in [0.25, 0.3) is 0 Å². The molecule has 2 aliphatic rings. The normalized spacial score (nSPS) is 25.8. The Hall–Kier alpha value is -1.66. The van der Waals surface area contributed by atoms with Gasteiger partial charge in [0.25, 0.3) is 0 Å². The maximum absolute atomic E-state index is 11.6. The van der Waals surface area contributed by atoms with Crippen molar-refractivity contribution in [3.05, 3.63) is 23.9 Å². The average Bonchev–Trinajstić information content (AvgIpc) is 3.06. The van der Waals surface area contributed by atoms with Crippen LogP contribution in [0, 0.1) is 11.8 Å². The van der Waals surface area contributed by atoms with Gasteiger partial charge in [0.1, 0.15) is 5.82 Å². The number of hydrogen-bond acceptors (Lipinski definition) is 5. The Morgan fingerprint density at radius 3 is 2.75 bits per heavy atom. The predicted octanol–water partition coefficient (Wildman–Crippen LogP) is 1.25. The molecule has 132 valence electrons. The molecule has 0 bridgehead atoms. The lowest BCUT2D eigenvalue weighted by molar-refractivity contribution is -0.124. The molecule has 24 heavy (non-hydrogen) atoms. The summed E-state index contributed by atoms with van der Waals surface area (Å²) in [5.74, 6) is 1.14. The first-order valence-corrected chi connectivity index (χ1v) is 8.81. The van der Waals surface area contributed by atoms with Crippen LogP contribution < -0.4 is 10.6 Å². The summed E-state index contributed by atoms with van der Waals surface area (Å²) in [6, 6.07) is 6.17. The number of anilines is 1. The maximum atomic E-state index is 11.6. The number of likely N-dealkylation sites (tertiary alicyclic amines) is 1. The molecule has 2 fully saturated rings. The summed E-state index contributed by atoms with van der Waals surface area (Å²) in [6.07, 6.45) is 2.92. The Morgan fingerprint density at radius 2 is 2.08 bits per heavy atom. The molecule has 1 aromatic rings. The molecule has 2 atom stereocenters. The van der Waals surface area contributed by atoms with Crippen molar-refractivity contribution >= 4 is 11.7 Å². The van der Waals surface area contributed by atoms with Gasteiger partial charge in [-0.3, -0.25) is 9.69 Å². The fourth-order valence-electron chi connectivity index (χ4n) is 3.85. The SMILES string of the molecule is CN(C)c1cccc(CN2CCC([C@H]3OCC[C@@H]3C(N)=O)CC2)n1. The molecule has 3 rings (SSSR count). The van der Waals surface area contributed by atoms with Crippen molar-refractivity contribution in [2.45, 2.75) is 31.9 Å². The highest BCUT2D eigenvalue weighted by Gasteiger charge is 2.39. The third-order valence-corrected chi connectivity index (χ3v) is 5.23. The minimum atomic E-state index is -0.204. The van der Waals surface area contributed by atoms with Gasteiger partial charge in [-0.05, 0) is 50.4 Å². The van der Waals surface area contributed by atoms with Crippen molar-refractivity contribution in [1.29, 1.82) is 0 Å². The van der Waals surface area contributed by atoms with Gasteiger partial charge in [0, 0.05) is 27.2 Å². The van der Waals surface area contributed by atoms with Gasteiger partial charge in [-0.15, -0.1) is 0 Å². The highest BCUT2D eigenvalue weighted by atomic mass is 16.5. The number of nitrogens with two attached hydrogens (primary N) is 1. The standard InChI is InChI=1S/C18H28N4O2/c1-21(2)16-5-3-4-14(20-16)12-22-9-6-13(7-10-22)17-15(18(19)23)8-11-24-17/h3-5,13,15,17H,6-12H2,1-2H3,(H2,19,23)/t15-,17+/m0/s1. The van der Waals surface area contributed by atoms with Crippen LogP contribution in [0.5, 0.6) is 0 Å². The number of ether oxygens (including phenoxy) is 1. The lowest BCUT2D eigenvalue weighted by Crippen LogP contribution is -2.42. The van der Waals surface area contributed by atoms with E-state index in [0.717, 1.165) is 50.4 Å². The largest absolute Gasteiger partial charge is 0.377 e. The highest BCUT2D eigenvalue weighted by molar-refractivity contribution is 5.77. The topological polar surface area (TPSA) is 71.7 Å². The minimum Gasteiger partial charge on any atom is -0.377 e. The van der Waals surface area contributed by atoms with E-state index in [0.29, 0.717) is 12.5 Å². The van der Waals surface area contributed by atoms with E-state index in [1.807, 2.05) is 25.1 Å². The zero-order chi connectivity index (χ0) is 17.1. The zero-order valence-corrected chi connectivity index (χ0v) is 14.6. The molecule has 0 saturated carbocycles. The van der Waals surface area contributed by atoms with E-state index in [1.165, 1.54) is 0 Å². The van der Waals surface area contributed by atoms with Crippen LogP contribution in [-0.4, -0.2) is 55.7 Å². The molecule has 1 aromatic heterocycles. The molecule has 1 amide bonds. The number of carbonyl (C=O) groups is 1. The Morgan fingerprint density at radius 1 is 1.33 bits per heavy atom. The van der Waals surface area contributed by atoms with Crippen molar-refractivity contribution in [2.75, 3.05) is 38.7 Å². The molecule has 6 nitrogen and oxygen atoms in total. The molecule has 2 saturated heterocycles. The number of carbonyl (C=O) groups excluding carboxylic acids is 1.